The molecule has 0 fully saturated rings. The van der Waals surface area contributed by atoms with Crippen molar-refractivity contribution in [3.05, 3.63) is 0 Å². The molecule has 56 valence electrons. The van der Waals surface area contributed by atoms with Crippen LogP contribution in [0.5, 0.6) is 0 Å². The quantitative estimate of drug-likeness (QED) is 0.338. The van der Waals surface area contributed by atoms with Gasteiger partial charge in [0.2, 0.25) is 0 Å². The number of halogens is 1. The van der Waals surface area contributed by atoms with Crippen LogP contribution in [0.25, 0.3) is 0 Å². The van der Waals surface area contributed by atoms with Crippen molar-refractivity contribution in [3.63, 3.8) is 0 Å². The molecule has 0 radical (unpaired) electrons. The van der Waals surface area contributed by atoms with E-state index in [0.29, 0.717) is 0 Å². The summed E-state index contributed by atoms with van der Waals surface area (Å²) < 4.78 is 0.844. The summed E-state index contributed by atoms with van der Waals surface area (Å²) in [6.07, 6.45) is 0. The number of nitrogens with zero attached hydrogens (tertiary/aromatic N) is 1. The summed E-state index contributed by atoms with van der Waals surface area (Å²) >= 11 is 0. The summed E-state index contributed by atoms with van der Waals surface area (Å²) in [6.45, 7) is 1.11. The van der Waals surface area contributed by atoms with Crippen molar-refractivity contribution in [2.24, 2.45) is 0 Å². The van der Waals surface area contributed by atoms with E-state index < -0.39 is 0 Å². The van der Waals surface area contributed by atoms with Crippen LogP contribution in [0.2, 0.25) is 0 Å². The molecule has 0 aliphatic rings. The Hall–Kier alpha value is 1.47. The van der Waals surface area contributed by atoms with Crippen molar-refractivity contribution in [2.75, 3.05) is 34.3 Å². The molecule has 4 heteroatoms. The molecule has 0 aliphatic carbocycles. The van der Waals surface area contributed by atoms with Gasteiger partial charge in [-0.3, -0.25) is 0 Å². The standard InChI is InChI=1S/C5H14NO.Ca.ClH.2H/c1-6(2,3)4-5-7;;;;/h7H,4-5H2,1-3H3;;1H;;/q+1;;;;/p-1. The van der Waals surface area contributed by atoms with Gasteiger partial charge < -0.3 is 22.0 Å². The molecule has 1 N–H and O–H groups in total. The Bertz CT molecular complexity index is 55.4. The first-order chi connectivity index (χ1) is 3.06. The van der Waals surface area contributed by atoms with E-state index in [4.69, 9.17) is 5.11 Å². The van der Waals surface area contributed by atoms with Gasteiger partial charge in [-0.15, -0.1) is 0 Å². The van der Waals surface area contributed by atoms with Gasteiger partial charge in [0, 0.05) is 0 Å². The van der Waals surface area contributed by atoms with E-state index >= 15 is 0 Å². The smallest absolute Gasteiger partial charge is 1.00 e. The van der Waals surface area contributed by atoms with E-state index in [0.717, 1.165) is 11.0 Å². The van der Waals surface area contributed by atoms with Gasteiger partial charge in [-0.05, 0) is 0 Å². The minimum Gasteiger partial charge on any atom is -1.00 e. The Morgan fingerprint density at radius 2 is 1.56 bits per heavy atom. The van der Waals surface area contributed by atoms with Gasteiger partial charge in [0.25, 0.3) is 0 Å². The number of hydrogen-bond donors (Lipinski definition) is 1. The number of hydrogen-bond acceptors (Lipinski definition) is 1. The second-order valence-electron chi connectivity index (χ2n) is 2.74. The molecule has 0 atom stereocenters. The Labute approximate surface area is 93.2 Å². The van der Waals surface area contributed by atoms with Crippen LogP contribution in [0.15, 0.2) is 0 Å². The van der Waals surface area contributed by atoms with Gasteiger partial charge >= 0.3 is 37.7 Å². The first kappa shape index (κ1) is 16.8. The number of aliphatic hydroxyl groups excluding tert-OH is 1. The molecule has 0 bridgehead atoms. The maximum atomic E-state index is 8.39. The van der Waals surface area contributed by atoms with Crippen LogP contribution in [-0.4, -0.2) is 81.6 Å². The predicted octanol–water partition coefficient (Wildman–Crippen LogP) is -4.23. The predicted molar refractivity (Wildman–Crippen MR) is 38.5 cm³/mol. The second-order valence-corrected chi connectivity index (χ2v) is 2.74. The Morgan fingerprint density at radius 1 is 1.22 bits per heavy atom. The van der Waals surface area contributed by atoms with Crippen LogP contribution < -0.4 is 12.4 Å². The zero-order valence-electron chi connectivity index (χ0n) is 5.69. The van der Waals surface area contributed by atoms with E-state index in [1.54, 1.807) is 0 Å². The number of rotatable bonds is 2. The van der Waals surface area contributed by atoms with Crippen LogP contribution in [0.1, 0.15) is 0 Å². The van der Waals surface area contributed by atoms with E-state index in [1.807, 2.05) is 0 Å². The largest absolute Gasteiger partial charge is 1.00 e. The van der Waals surface area contributed by atoms with Gasteiger partial charge in [-0.2, -0.15) is 0 Å². The minimum absolute atomic E-state index is 0. The van der Waals surface area contributed by atoms with Crippen LogP contribution in [0.4, 0.5) is 0 Å². The van der Waals surface area contributed by atoms with Crippen LogP contribution in [0.3, 0.4) is 0 Å². The molecule has 2 nitrogen and oxygen atoms in total. The molecule has 0 saturated carbocycles. The monoisotopic (exact) mass is 181 g/mol. The van der Waals surface area contributed by atoms with Gasteiger partial charge in [-0.1, -0.05) is 0 Å². The van der Waals surface area contributed by atoms with Gasteiger partial charge in [0.05, 0.1) is 27.7 Å². The summed E-state index contributed by atoms with van der Waals surface area (Å²) in [7, 11) is 6.16. The number of aliphatic hydroxyl groups is 1. The van der Waals surface area contributed by atoms with Crippen molar-refractivity contribution < 1.29 is 22.0 Å². The SMILES string of the molecule is C[N+](C)(C)CCO.[CaH2].[Cl-]. The Morgan fingerprint density at radius 3 is 1.56 bits per heavy atom. The zero-order chi connectivity index (χ0) is 5.91. The second kappa shape index (κ2) is 7.58. The molecular weight excluding hydrogens is 166 g/mol. The average molecular weight is 182 g/mol. The molecule has 0 aromatic heterocycles. The molecule has 0 spiro atoms. The summed E-state index contributed by atoms with van der Waals surface area (Å²) in [6, 6.07) is 0. The normalized spacial score (nSPS) is 9.33. The summed E-state index contributed by atoms with van der Waals surface area (Å²) in [5.74, 6) is 0. The topological polar surface area (TPSA) is 20.2 Å². The van der Waals surface area contributed by atoms with Crippen molar-refractivity contribution in [3.8, 4) is 0 Å². The summed E-state index contributed by atoms with van der Waals surface area (Å²) in [4.78, 5) is 0. The average Bonchev–Trinajstić information content (AvgIpc) is 1.30. The number of likely N-dealkylation sites (N-methyl/N-ethyl adjacent to an activating group) is 1. The molecule has 0 heterocycles. The first-order valence-electron chi connectivity index (χ1n) is 2.47. The third-order valence-electron chi connectivity index (χ3n) is 0.771. The van der Waals surface area contributed by atoms with Crippen molar-refractivity contribution in [2.45, 2.75) is 0 Å². The third kappa shape index (κ3) is 17.7. The maximum absolute atomic E-state index is 8.39. The van der Waals surface area contributed by atoms with Crippen LogP contribution in [-0.2, 0) is 0 Å². The number of quaternary nitrogens is 1. The molecule has 0 amide bonds. The van der Waals surface area contributed by atoms with Crippen LogP contribution in [0, 0.1) is 0 Å². The van der Waals surface area contributed by atoms with Crippen LogP contribution >= 0.6 is 0 Å². The molecule has 9 heavy (non-hydrogen) atoms. The summed E-state index contributed by atoms with van der Waals surface area (Å²) in [5, 5.41) is 8.39. The van der Waals surface area contributed by atoms with E-state index in [-0.39, 0.29) is 56.8 Å². The maximum Gasteiger partial charge on any atom is -1.00 e. The van der Waals surface area contributed by atoms with Gasteiger partial charge in [0.15, 0.2) is 0 Å². The zero-order valence-corrected chi connectivity index (χ0v) is 6.44. The molecule has 0 rings (SSSR count). The Balaban J connectivity index is -0.000000180. The molecular formula is C5H16CaClNO. The van der Waals surface area contributed by atoms with Gasteiger partial charge in [-0.25, -0.2) is 0 Å². The molecule has 0 unspecified atom stereocenters. The van der Waals surface area contributed by atoms with Crippen molar-refractivity contribution in [1.29, 1.82) is 0 Å². The molecule has 0 aliphatic heterocycles. The van der Waals surface area contributed by atoms with Crippen molar-refractivity contribution in [1.82, 2.24) is 0 Å². The summed E-state index contributed by atoms with van der Waals surface area (Å²) in [5.41, 5.74) is 0. The Kier molecular flexibility index (Phi) is 14.2. The third-order valence-corrected chi connectivity index (χ3v) is 0.771. The van der Waals surface area contributed by atoms with Crippen molar-refractivity contribution >= 4 is 37.7 Å². The molecule has 0 aromatic rings. The minimum atomic E-state index is 0. The fourth-order valence-electron chi connectivity index (χ4n) is 0.300. The van der Waals surface area contributed by atoms with Gasteiger partial charge in [0.1, 0.15) is 6.54 Å². The fourth-order valence-corrected chi connectivity index (χ4v) is 0.300. The molecule has 0 aromatic carbocycles. The first-order valence-corrected chi connectivity index (χ1v) is 2.47. The van der Waals surface area contributed by atoms with E-state index in [1.165, 1.54) is 0 Å². The fraction of sp³-hybridized carbons (Fsp3) is 1.00. The molecule has 0 saturated heterocycles. The van der Waals surface area contributed by atoms with E-state index in [9.17, 15) is 0 Å². The van der Waals surface area contributed by atoms with E-state index in [2.05, 4.69) is 21.1 Å².